The molecule has 5 heteroatoms. The van der Waals surface area contributed by atoms with E-state index in [9.17, 15) is 0 Å². The summed E-state index contributed by atoms with van der Waals surface area (Å²) >= 11 is 5.86. The van der Waals surface area contributed by atoms with Gasteiger partial charge in [0.15, 0.2) is 0 Å². The third kappa shape index (κ3) is 3.61. The molecule has 1 atom stereocenters. The quantitative estimate of drug-likeness (QED) is 0.871. The van der Waals surface area contributed by atoms with Crippen molar-refractivity contribution in [1.82, 2.24) is 9.97 Å². The molecule has 1 unspecified atom stereocenters. The van der Waals surface area contributed by atoms with Gasteiger partial charge < -0.3 is 10.1 Å². The first-order chi connectivity index (χ1) is 9.74. The SMILES string of the molecule is CCOc1ccccc1C(CC)Nc1cncc(Cl)n1. The van der Waals surface area contributed by atoms with E-state index in [1.165, 1.54) is 6.20 Å². The van der Waals surface area contributed by atoms with E-state index in [1.807, 2.05) is 25.1 Å². The summed E-state index contributed by atoms with van der Waals surface area (Å²) in [6.45, 7) is 4.73. The molecule has 0 aliphatic carbocycles. The first-order valence-corrected chi connectivity index (χ1v) is 7.08. The third-order valence-corrected chi connectivity index (χ3v) is 3.11. The van der Waals surface area contributed by atoms with Gasteiger partial charge in [0.25, 0.3) is 0 Å². The first-order valence-electron chi connectivity index (χ1n) is 6.70. The van der Waals surface area contributed by atoms with Crippen molar-refractivity contribution in [2.45, 2.75) is 26.3 Å². The van der Waals surface area contributed by atoms with Gasteiger partial charge in [-0.3, -0.25) is 4.98 Å². The number of para-hydroxylation sites is 1. The molecule has 0 aliphatic heterocycles. The Morgan fingerprint density at radius 1 is 1.25 bits per heavy atom. The molecule has 0 saturated heterocycles. The Bertz CT molecular complexity index is 562. The molecule has 0 saturated carbocycles. The molecule has 2 aromatic rings. The van der Waals surface area contributed by atoms with E-state index in [1.54, 1.807) is 6.20 Å². The number of rotatable bonds is 6. The number of nitrogens with zero attached hydrogens (tertiary/aromatic N) is 2. The predicted molar refractivity (Wildman–Crippen MR) is 81.3 cm³/mol. The maximum absolute atomic E-state index is 5.86. The standard InChI is InChI=1S/C15H18ClN3O/c1-3-12(18-15-10-17-9-14(16)19-15)11-7-5-6-8-13(11)20-4-2/h5-10,12H,3-4H2,1-2H3,(H,18,19). The van der Waals surface area contributed by atoms with Gasteiger partial charge in [-0.1, -0.05) is 36.7 Å². The topological polar surface area (TPSA) is 47.0 Å². The van der Waals surface area contributed by atoms with Crippen LogP contribution in [0.1, 0.15) is 31.9 Å². The van der Waals surface area contributed by atoms with Crippen molar-refractivity contribution in [3.63, 3.8) is 0 Å². The zero-order chi connectivity index (χ0) is 14.4. The Balaban J connectivity index is 2.24. The molecule has 1 heterocycles. The van der Waals surface area contributed by atoms with Gasteiger partial charge in [0.1, 0.15) is 16.7 Å². The summed E-state index contributed by atoms with van der Waals surface area (Å²) in [5, 5.41) is 3.72. The minimum atomic E-state index is 0.102. The average molecular weight is 292 g/mol. The molecule has 0 fully saturated rings. The minimum Gasteiger partial charge on any atom is -0.494 e. The highest BCUT2D eigenvalue weighted by Crippen LogP contribution is 2.29. The molecule has 0 spiro atoms. The molecule has 20 heavy (non-hydrogen) atoms. The van der Waals surface area contributed by atoms with Crippen LogP contribution in [0.25, 0.3) is 0 Å². The van der Waals surface area contributed by atoms with Gasteiger partial charge in [0, 0.05) is 5.56 Å². The van der Waals surface area contributed by atoms with Crippen LogP contribution in [0, 0.1) is 0 Å². The van der Waals surface area contributed by atoms with Crippen molar-refractivity contribution in [2.75, 3.05) is 11.9 Å². The van der Waals surface area contributed by atoms with Crippen molar-refractivity contribution in [3.8, 4) is 5.75 Å². The summed E-state index contributed by atoms with van der Waals surface area (Å²) in [5.74, 6) is 1.56. The van der Waals surface area contributed by atoms with Crippen LogP contribution in [0.15, 0.2) is 36.7 Å². The summed E-state index contributed by atoms with van der Waals surface area (Å²) in [7, 11) is 0. The van der Waals surface area contributed by atoms with Gasteiger partial charge in [-0.15, -0.1) is 0 Å². The van der Waals surface area contributed by atoms with Crippen LogP contribution in [0.5, 0.6) is 5.75 Å². The monoisotopic (exact) mass is 291 g/mol. The van der Waals surface area contributed by atoms with Crippen molar-refractivity contribution in [1.29, 1.82) is 0 Å². The van der Waals surface area contributed by atoms with Crippen molar-refractivity contribution in [2.24, 2.45) is 0 Å². The van der Waals surface area contributed by atoms with E-state index >= 15 is 0 Å². The van der Waals surface area contributed by atoms with Gasteiger partial charge >= 0.3 is 0 Å². The van der Waals surface area contributed by atoms with Crippen LogP contribution in [-0.4, -0.2) is 16.6 Å². The highest BCUT2D eigenvalue weighted by Gasteiger charge is 2.14. The summed E-state index contributed by atoms with van der Waals surface area (Å²) < 4.78 is 5.68. The van der Waals surface area contributed by atoms with E-state index < -0.39 is 0 Å². The molecule has 106 valence electrons. The Hall–Kier alpha value is -1.81. The maximum Gasteiger partial charge on any atom is 0.149 e. The summed E-state index contributed by atoms with van der Waals surface area (Å²) in [6.07, 6.45) is 4.08. The van der Waals surface area contributed by atoms with E-state index in [2.05, 4.69) is 28.3 Å². The molecule has 0 bridgehead atoms. The number of hydrogen-bond acceptors (Lipinski definition) is 4. The molecule has 1 N–H and O–H groups in total. The zero-order valence-corrected chi connectivity index (χ0v) is 12.4. The average Bonchev–Trinajstić information content (AvgIpc) is 2.46. The van der Waals surface area contributed by atoms with Crippen LogP contribution < -0.4 is 10.1 Å². The van der Waals surface area contributed by atoms with Crippen LogP contribution >= 0.6 is 11.6 Å². The van der Waals surface area contributed by atoms with E-state index in [0.717, 1.165) is 17.7 Å². The number of benzene rings is 1. The fourth-order valence-electron chi connectivity index (χ4n) is 2.05. The molecular formula is C15H18ClN3O. The van der Waals surface area contributed by atoms with E-state index in [4.69, 9.17) is 16.3 Å². The number of ether oxygens (including phenoxy) is 1. The lowest BCUT2D eigenvalue weighted by atomic mass is 10.0. The summed E-state index contributed by atoms with van der Waals surface area (Å²) in [5.41, 5.74) is 1.11. The maximum atomic E-state index is 5.86. The molecule has 1 aromatic heterocycles. The van der Waals surface area contributed by atoms with Gasteiger partial charge in [-0.05, 0) is 19.4 Å². The summed E-state index contributed by atoms with van der Waals surface area (Å²) in [6, 6.07) is 8.12. The highest BCUT2D eigenvalue weighted by molar-refractivity contribution is 6.29. The molecule has 0 aliphatic rings. The molecule has 4 nitrogen and oxygen atoms in total. The van der Waals surface area contributed by atoms with E-state index in [-0.39, 0.29) is 6.04 Å². The third-order valence-electron chi connectivity index (χ3n) is 2.93. The van der Waals surface area contributed by atoms with Crippen LogP contribution in [0.3, 0.4) is 0 Å². The van der Waals surface area contributed by atoms with Crippen LogP contribution in [0.4, 0.5) is 5.82 Å². The Kier molecular flexibility index (Phi) is 5.18. The lowest BCUT2D eigenvalue weighted by Gasteiger charge is -2.20. The largest absolute Gasteiger partial charge is 0.494 e. The zero-order valence-electron chi connectivity index (χ0n) is 11.6. The van der Waals surface area contributed by atoms with Gasteiger partial charge in [-0.25, -0.2) is 4.98 Å². The van der Waals surface area contributed by atoms with E-state index in [0.29, 0.717) is 17.6 Å². The second-order valence-corrected chi connectivity index (χ2v) is 4.69. The van der Waals surface area contributed by atoms with Crippen molar-refractivity contribution in [3.05, 3.63) is 47.4 Å². The molecular weight excluding hydrogens is 274 g/mol. The van der Waals surface area contributed by atoms with Crippen LogP contribution in [-0.2, 0) is 0 Å². The smallest absolute Gasteiger partial charge is 0.149 e. The highest BCUT2D eigenvalue weighted by atomic mass is 35.5. The van der Waals surface area contributed by atoms with Crippen molar-refractivity contribution < 1.29 is 4.74 Å². The van der Waals surface area contributed by atoms with Gasteiger partial charge in [0.2, 0.25) is 0 Å². The number of halogens is 1. The number of hydrogen-bond donors (Lipinski definition) is 1. The lowest BCUT2D eigenvalue weighted by molar-refractivity contribution is 0.334. The fraction of sp³-hybridized carbons (Fsp3) is 0.333. The molecule has 0 radical (unpaired) electrons. The normalized spacial score (nSPS) is 11.9. The lowest BCUT2D eigenvalue weighted by Crippen LogP contribution is -2.12. The molecule has 0 amide bonds. The Labute approximate surface area is 124 Å². The Morgan fingerprint density at radius 3 is 2.75 bits per heavy atom. The fourth-order valence-corrected chi connectivity index (χ4v) is 2.19. The second-order valence-electron chi connectivity index (χ2n) is 4.30. The number of anilines is 1. The molecule has 1 aromatic carbocycles. The number of nitrogens with one attached hydrogen (secondary N) is 1. The second kappa shape index (κ2) is 7.10. The van der Waals surface area contributed by atoms with Gasteiger partial charge in [0.05, 0.1) is 25.0 Å². The molecule has 2 rings (SSSR count). The first kappa shape index (κ1) is 14.6. The van der Waals surface area contributed by atoms with Crippen LogP contribution in [0.2, 0.25) is 5.15 Å². The minimum absolute atomic E-state index is 0.102. The predicted octanol–water partition coefficient (Wildman–Crippen LogP) is 4.09. The number of aromatic nitrogens is 2. The summed E-state index contributed by atoms with van der Waals surface area (Å²) in [4.78, 5) is 8.25. The van der Waals surface area contributed by atoms with Crippen molar-refractivity contribution >= 4 is 17.4 Å². The Morgan fingerprint density at radius 2 is 2.05 bits per heavy atom. The van der Waals surface area contributed by atoms with Gasteiger partial charge in [-0.2, -0.15) is 0 Å².